The maximum absolute atomic E-state index is 13.2. The highest BCUT2D eigenvalue weighted by atomic mass is 19.3. The van der Waals surface area contributed by atoms with Crippen molar-refractivity contribution in [3.05, 3.63) is 47.8 Å². The molecule has 33 heavy (non-hydrogen) atoms. The first kappa shape index (κ1) is 22.5. The lowest BCUT2D eigenvalue weighted by atomic mass is 9.87. The number of halogens is 3. The number of alkyl halides is 3. The number of nitriles is 1. The predicted molar refractivity (Wildman–Crippen MR) is 113 cm³/mol. The van der Waals surface area contributed by atoms with E-state index in [4.69, 9.17) is 4.74 Å². The SMILES string of the molecule is COc1cc(-c2cnn3cc(C(C)(C)C#N)ccc23)cc(OC(F)F)c1C(=O)NC1CC1F. The second kappa shape index (κ2) is 8.31. The van der Waals surface area contributed by atoms with Gasteiger partial charge in [-0.1, -0.05) is 6.07 Å². The van der Waals surface area contributed by atoms with Crippen LogP contribution in [-0.2, 0) is 5.41 Å². The van der Waals surface area contributed by atoms with Crippen molar-refractivity contribution < 1.29 is 27.4 Å². The van der Waals surface area contributed by atoms with Crippen LogP contribution < -0.4 is 14.8 Å². The second-order valence-corrected chi connectivity index (χ2v) is 8.30. The fraction of sp³-hybridized carbons (Fsp3) is 0.348. The maximum atomic E-state index is 13.2. The Balaban J connectivity index is 1.80. The summed E-state index contributed by atoms with van der Waals surface area (Å²) in [6.07, 6.45) is 2.27. The van der Waals surface area contributed by atoms with Crippen molar-refractivity contribution in [1.82, 2.24) is 14.9 Å². The Kier molecular flexibility index (Phi) is 5.66. The molecule has 10 heteroatoms. The third-order valence-corrected chi connectivity index (χ3v) is 5.59. The van der Waals surface area contributed by atoms with Gasteiger partial charge in [0, 0.05) is 18.2 Å². The lowest BCUT2D eigenvalue weighted by molar-refractivity contribution is -0.0502. The van der Waals surface area contributed by atoms with Gasteiger partial charge in [-0.3, -0.25) is 4.79 Å². The second-order valence-electron chi connectivity index (χ2n) is 8.30. The molecule has 3 aromatic rings. The third-order valence-electron chi connectivity index (χ3n) is 5.59. The zero-order valence-corrected chi connectivity index (χ0v) is 18.1. The quantitative estimate of drug-likeness (QED) is 0.572. The summed E-state index contributed by atoms with van der Waals surface area (Å²) < 4.78 is 51.1. The molecule has 0 bridgehead atoms. The first-order valence-corrected chi connectivity index (χ1v) is 10.2. The Labute approximate surface area is 187 Å². The average Bonchev–Trinajstić information content (AvgIpc) is 3.30. The van der Waals surface area contributed by atoms with Crippen molar-refractivity contribution in [1.29, 1.82) is 5.26 Å². The number of amides is 1. The predicted octanol–water partition coefficient (Wildman–Crippen LogP) is 4.25. The minimum Gasteiger partial charge on any atom is -0.496 e. The number of carbonyl (C=O) groups excluding carboxylic acids is 1. The molecule has 2 unspecified atom stereocenters. The van der Waals surface area contributed by atoms with E-state index < -0.39 is 35.9 Å². The van der Waals surface area contributed by atoms with Gasteiger partial charge in [0.1, 0.15) is 23.2 Å². The van der Waals surface area contributed by atoms with Gasteiger partial charge >= 0.3 is 6.61 Å². The number of pyridine rings is 1. The molecule has 2 aromatic heterocycles. The summed E-state index contributed by atoms with van der Waals surface area (Å²) >= 11 is 0. The number of nitrogens with zero attached hydrogens (tertiary/aromatic N) is 3. The molecule has 1 saturated carbocycles. The number of carbonyl (C=O) groups is 1. The average molecular weight is 458 g/mol. The summed E-state index contributed by atoms with van der Waals surface area (Å²) in [4.78, 5) is 12.7. The summed E-state index contributed by atoms with van der Waals surface area (Å²) in [5.41, 5.74) is 1.44. The van der Waals surface area contributed by atoms with Crippen molar-refractivity contribution in [2.24, 2.45) is 0 Å². The van der Waals surface area contributed by atoms with Crippen molar-refractivity contribution in [2.45, 2.75) is 44.5 Å². The van der Waals surface area contributed by atoms with Crippen LogP contribution in [-0.4, -0.2) is 41.5 Å². The van der Waals surface area contributed by atoms with E-state index in [1.165, 1.54) is 25.4 Å². The minimum atomic E-state index is -3.19. The maximum Gasteiger partial charge on any atom is 0.387 e. The van der Waals surface area contributed by atoms with Crippen LogP contribution in [0.4, 0.5) is 13.2 Å². The topological polar surface area (TPSA) is 88.7 Å². The van der Waals surface area contributed by atoms with Gasteiger partial charge in [0.05, 0.1) is 36.3 Å². The summed E-state index contributed by atoms with van der Waals surface area (Å²) in [5, 5.41) is 16.2. The number of nitrogens with one attached hydrogen (secondary N) is 1. The third kappa shape index (κ3) is 4.31. The Morgan fingerprint density at radius 2 is 2.03 bits per heavy atom. The molecule has 2 heterocycles. The molecule has 1 aliphatic rings. The van der Waals surface area contributed by atoms with Crippen LogP contribution in [0.2, 0.25) is 0 Å². The Hall–Kier alpha value is -3.74. The van der Waals surface area contributed by atoms with Gasteiger partial charge in [-0.25, -0.2) is 8.91 Å². The van der Waals surface area contributed by atoms with E-state index in [-0.39, 0.29) is 17.7 Å². The smallest absolute Gasteiger partial charge is 0.387 e. The normalized spacial score (nSPS) is 17.6. The molecule has 2 atom stereocenters. The first-order chi connectivity index (χ1) is 15.6. The molecular weight excluding hydrogens is 437 g/mol. The zero-order valence-electron chi connectivity index (χ0n) is 18.1. The summed E-state index contributed by atoms with van der Waals surface area (Å²) in [6.45, 7) is 0.382. The number of ether oxygens (including phenoxy) is 2. The number of aromatic nitrogens is 2. The van der Waals surface area contributed by atoms with E-state index in [0.29, 0.717) is 16.6 Å². The molecule has 1 N–H and O–H groups in total. The first-order valence-electron chi connectivity index (χ1n) is 10.2. The number of hydrogen-bond donors (Lipinski definition) is 1. The Morgan fingerprint density at radius 3 is 2.64 bits per heavy atom. The summed E-state index contributed by atoms with van der Waals surface area (Å²) in [5.74, 6) is -1.16. The van der Waals surface area contributed by atoms with E-state index in [1.807, 2.05) is 0 Å². The van der Waals surface area contributed by atoms with Crippen LogP contribution >= 0.6 is 0 Å². The molecule has 1 amide bonds. The van der Waals surface area contributed by atoms with Crippen LogP contribution in [0.15, 0.2) is 36.7 Å². The zero-order chi connectivity index (χ0) is 23.9. The highest BCUT2D eigenvalue weighted by Gasteiger charge is 2.40. The number of hydrogen-bond acceptors (Lipinski definition) is 5. The van der Waals surface area contributed by atoms with Crippen LogP contribution in [0, 0.1) is 11.3 Å². The van der Waals surface area contributed by atoms with E-state index >= 15 is 0 Å². The van der Waals surface area contributed by atoms with Gasteiger partial charge in [0.2, 0.25) is 0 Å². The van der Waals surface area contributed by atoms with Crippen molar-refractivity contribution in [2.75, 3.05) is 7.11 Å². The molecule has 7 nitrogen and oxygen atoms in total. The van der Waals surface area contributed by atoms with Crippen LogP contribution in [0.3, 0.4) is 0 Å². The van der Waals surface area contributed by atoms with Crippen LogP contribution in [0.5, 0.6) is 11.5 Å². The Morgan fingerprint density at radius 1 is 1.33 bits per heavy atom. The lowest BCUT2D eigenvalue weighted by Gasteiger charge is -2.17. The molecular formula is C23H21F3N4O3. The molecule has 4 rings (SSSR count). The molecule has 172 valence electrons. The fourth-order valence-corrected chi connectivity index (χ4v) is 3.51. The van der Waals surface area contributed by atoms with Crippen LogP contribution in [0.1, 0.15) is 36.2 Å². The summed E-state index contributed by atoms with van der Waals surface area (Å²) in [6, 6.07) is 7.95. The lowest BCUT2D eigenvalue weighted by Crippen LogP contribution is -2.28. The molecule has 0 radical (unpaired) electrons. The van der Waals surface area contributed by atoms with Gasteiger partial charge in [0.25, 0.3) is 5.91 Å². The van der Waals surface area contributed by atoms with E-state index in [0.717, 1.165) is 5.56 Å². The molecule has 1 aliphatic carbocycles. The van der Waals surface area contributed by atoms with Crippen LogP contribution in [0.25, 0.3) is 16.6 Å². The van der Waals surface area contributed by atoms with Crippen molar-refractivity contribution in [3.63, 3.8) is 0 Å². The van der Waals surface area contributed by atoms with Gasteiger partial charge in [-0.2, -0.15) is 19.1 Å². The standard InChI is InChI=1S/C23H21F3N4O3/c1-23(2,11-27)13-4-5-17-14(9-28-30(17)10-13)12-6-18(32-3)20(19(7-12)33-22(25)26)21(31)29-16-8-15(16)24/h4-7,9-10,15-16,22H,8H2,1-3H3,(H,29,31). The molecule has 1 fully saturated rings. The number of methoxy groups -OCH3 is 1. The minimum absolute atomic E-state index is 0.00158. The van der Waals surface area contributed by atoms with Gasteiger partial charge in [-0.05, 0) is 43.2 Å². The number of rotatable bonds is 7. The van der Waals surface area contributed by atoms with Gasteiger partial charge in [-0.15, -0.1) is 0 Å². The van der Waals surface area contributed by atoms with E-state index in [1.54, 1.807) is 36.7 Å². The molecule has 0 spiro atoms. The molecule has 0 aliphatic heterocycles. The largest absolute Gasteiger partial charge is 0.496 e. The highest BCUT2D eigenvalue weighted by molar-refractivity contribution is 6.01. The molecule has 1 aromatic carbocycles. The summed E-state index contributed by atoms with van der Waals surface area (Å²) in [7, 11) is 1.30. The van der Waals surface area contributed by atoms with E-state index in [9.17, 15) is 23.2 Å². The van der Waals surface area contributed by atoms with Crippen molar-refractivity contribution >= 4 is 11.4 Å². The van der Waals surface area contributed by atoms with Gasteiger partial charge in [0.15, 0.2) is 0 Å². The van der Waals surface area contributed by atoms with Crippen molar-refractivity contribution in [3.8, 4) is 28.7 Å². The molecule has 0 saturated heterocycles. The number of fused-ring (bicyclic) bond motifs is 1. The highest BCUT2D eigenvalue weighted by Crippen LogP contribution is 2.38. The monoisotopic (exact) mass is 458 g/mol. The Bertz CT molecular complexity index is 1270. The van der Waals surface area contributed by atoms with Gasteiger partial charge < -0.3 is 14.8 Å². The van der Waals surface area contributed by atoms with E-state index in [2.05, 4.69) is 21.2 Å². The number of benzene rings is 1. The fourth-order valence-electron chi connectivity index (χ4n) is 3.51.